The summed E-state index contributed by atoms with van der Waals surface area (Å²) in [5.74, 6) is -0.448. The summed E-state index contributed by atoms with van der Waals surface area (Å²) in [6.07, 6.45) is 3.61. The minimum Gasteiger partial charge on any atom is -0.459 e. The highest BCUT2D eigenvalue weighted by Crippen LogP contribution is 2.32. The molecule has 4 rings (SSSR count). The number of halogens is 1. The van der Waals surface area contributed by atoms with E-state index in [1.807, 2.05) is 62.6 Å². The van der Waals surface area contributed by atoms with Crippen molar-refractivity contribution in [2.45, 2.75) is 37.8 Å². The highest BCUT2D eigenvalue weighted by Gasteiger charge is 2.33. The highest BCUT2D eigenvalue weighted by atomic mass is 79.9. The van der Waals surface area contributed by atoms with Gasteiger partial charge in [-0.15, -0.1) is 23.1 Å². The molecule has 0 spiro atoms. The molecule has 3 heterocycles. The molecule has 0 unspecified atom stereocenters. The third-order valence-electron chi connectivity index (χ3n) is 4.88. The Morgan fingerprint density at radius 1 is 1.22 bits per heavy atom. The first-order valence-corrected chi connectivity index (χ1v) is 13.6. The molecule has 0 fully saturated rings. The molecule has 9 heteroatoms. The number of carbonyl (C=O) groups is 1. The number of ether oxygens (including phenoxy) is 1. The van der Waals surface area contributed by atoms with Crippen LogP contribution in [0.5, 0.6) is 0 Å². The van der Waals surface area contributed by atoms with Gasteiger partial charge in [-0.1, -0.05) is 23.5 Å². The van der Waals surface area contributed by atoms with Gasteiger partial charge in [0.15, 0.2) is 4.80 Å². The number of thiophene rings is 1. The van der Waals surface area contributed by atoms with Gasteiger partial charge in [0.2, 0.25) is 0 Å². The predicted octanol–water partition coefficient (Wildman–Crippen LogP) is 4.73. The molecule has 0 amide bonds. The largest absolute Gasteiger partial charge is 0.459 e. The molecule has 166 valence electrons. The van der Waals surface area contributed by atoms with Gasteiger partial charge in [0.05, 0.1) is 31.7 Å². The minimum atomic E-state index is -0.592. The van der Waals surface area contributed by atoms with Crippen LogP contribution in [0.2, 0.25) is 0 Å². The molecule has 32 heavy (non-hydrogen) atoms. The van der Waals surface area contributed by atoms with E-state index in [1.165, 1.54) is 11.3 Å². The number of hydrogen-bond acceptors (Lipinski definition) is 7. The van der Waals surface area contributed by atoms with Gasteiger partial charge >= 0.3 is 5.97 Å². The molecule has 1 atom stereocenters. The molecule has 2 aromatic heterocycles. The van der Waals surface area contributed by atoms with Crippen molar-refractivity contribution in [2.75, 3.05) is 6.26 Å². The fourth-order valence-corrected chi connectivity index (χ4v) is 6.38. The Kier molecular flexibility index (Phi) is 6.90. The van der Waals surface area contributed by atoms with E-state index in [1.54, 1.807) is 34.6 Å². The van der Waals surface area contributed by atoms with E-state index in [0.717, 1.165) is 19.1 Å². The lowest BCUT2D eigenvalue weighted by molar-refractivity contribution is -0.143. The van der Waals surface area contributed by atoms with Crippen LogP contribution in [-0.2, 0) is 9.53 Å². The average Bonchev–Trinajstić information content (AvgIpc) is 3.29. The third-order valence-corrected chi connectivity index (χ3v) is 8.18. The van der Waals surface area contributed by atoms with Crippen molar-refractivity contribution in [2.24, 2.45) is 4.99 Å². The number of aromatic nitrogens is 1. The fourth-order valence-electron chi connectivity index (χ4n) is 3.50. The zero-order chi connectivity index (χ0) is 23.0. The van der Waals surface area contributed by atoms with Gasteiger partial charge in [0.25, 0.3) is 5.56 Å². The Morgan fingerprint density at radius 3 is 2.53 bits per heavy atom. The van der Waals surface area contributed by atoms with E-state index < -0.39 is 12.0 Å². The number of carbonyl (C=O) groups excluding carboxylic acids is 1. The fraction of sp³-hybridized carbons (Fsp3) is 0.261. The van der Waals surface area contributed by atoms with Crippen LogP contribution in [0, 0.1) is 0 Å². The van der Waals surface area contributed by atoms with Crippen LogP contribution in [0.25, 0.3) is 6.08 Å². The molecule has 0 N–H and O–H groups in total. The van der Waals surface area contributed by atoms with Crippen molar-refractivity contribution in [1.29, 1.82) is 0 Å². The number of esters is 1. The first-order valence-electron chi connectivity index (χ1n) is 9.91. The monoisotopic (exact) mass is 548 g/mol. The maximum absolute atomic E-state index is 13.5. The van der Waals surface area contributed by atoms with E-state index in [2.05, 4.69) is 20.9 Å². The zero-order valence-electron chi connectivity index (χ0n) is 17.9. The number of fused-ring (bicyclic) bond motifs is 1. The van der Waals surface area contributed by atoms with E-state index in [0.29, 0.717) is 20.6 Å². The Morgan fingerprint density at radius 2 is 1.94 bits per heavy atom. The standard InChI is InChI=1S/C23H21BrN2O3S3/c1-12(2)29-22(28)19-13(3)25-23-26(20(19)14-5-7-15(30-4)8-6-14)21(27)17(32-23)11-16-9-10-18(24)31-16/h5-12,20H,1-4H3/b17-11+/t20-/m1/s1. The van der Waals surface area contributed by atoms with Crippen LogP contribution >= 0.6 is 50.4 Å². The Bertz CT molecular complexity index is 1380. The van der Waals surface area contributed by atoms with Gasteiger partial charge in [0, 0.05) is 9.77 Å². The first-order chi connectivity index (χ1) is 15.3. The number of hydrogen-bond donors (Lipinski definition) is 0. The second-order valence-electron chi connectivity index (χ2n) is 7.45. The summed E-state index contributed by atoms with van der Waals surface area (Å²) in [5, 5.41) is 0. The second-order valence-corrected chi connectivity index (χ2v) is 11.8. The lowest BCUT2D eigenvalue weighted by atomic mass is 9.96. The number of thioether (sulfide) groups is 1. The Hall–Kier alpha value is -1.94. The highest BCUT2D eigenvalue weighted by molar-refractivity contribution is 9.11. The molecule has 0 bridgehead atoms. The molecule has 1 aliphatic rings. The van der Waals surface area contributed by atoms with Crippen LogP contribution in [-0.4, -0.2) is 22.9 Å². The lowest BCUT2D eigenvalue weighted by Crippen LogP contribution is -2.40. The van der Waals surface area contributed by atoms with E-state index in [-0.39, 0.29) is 11.7 Å². The van der Waals surface area contributed by atoms with Gasteiger partial charge in [-0.25, -0.2) is 9.79 Å². The minimum absolute atomic E-state index is 0.167. The summed E-state index contributed by atoms with van der Waals surface area (Å²) < 4.78 is 8.73. The Labute approximate surface area is 206 Å². The van der Waals surface area contributed by atoms with Crippen molar-refractivity contribution < 1.29 is 9.53 Å². The molecule has 1 aromatic carbocycles. The Balaban J connectivity index is 1.93. The van der Waals surface area contributed by atoms with Gasteiger partial charge in [-0.05, 0) is 78.9 Å². The quantitative estimate of drug-likeness (QED) is 0.341. The normalized spacial score (nSPS) is 16.3. The van der Waals surface area contributed by atoms with E-state index in [4.69, 9.17) is 4.74 Å². The maximum atomic E-state index is 13.5. The van der Waals surface area contributed by atoms with Crippen molar-refractivity contribution in [3.05, 3.63) is 81.6 Å². The van der Waals surface area contributed by atoms with Gasteiger partial charge in [0.1, 0.15) is 0 Å². The van der Waals surface area contributed by atoms with Crippen molar-refractivity contribution >= 4 is 62.4 Å². The number of nitrogens with zero attached hydrogens (tertiary/aromatic N) is 2. The van der Waals surface area contributed by atoms with E-state index >= 15 is 0 Å². The first kappa shape index (κ1) is 23.2. The molecular weight excluding hydrogens is 528 g/mol. The molecule has 3 aromatic rings. The second kappa shape index (κ2) is 9.51. The van der Waals surface area contributed by atoms with Crippen LogP contribution in [0.1, 0.15) is 37.3 Å². The maximum Gasteiger partial charge on any atom is 0.338 e. The molecule has 5 nitrogen and oxygen atoms in total. The zero-order valence-corrected chi connectivity index (χ0v) is 22.0. The predicted molar refractivity (Wildman–Crippen MR) is 135 cm³/mol. The summed E-state index contributed by atoms with van der Waals surface area (Å²) in [6, 6.07) is 11.2. The van der Waals surface area contributed by atoms with Crippen molar-refractivity contribution in [3.63, 3.8) is 0 Å². The molecule has 0 radical (unpaired) electrons. The number of rotatable bonds is 5. The smallest absolute Gasteiger partial charge is 0.338 e. The topological polar surface area (TPSA) is 60.7 Å². The molecule has 0 aliphatic carbocycles. The molecule has 0 saturated heterocycles. The van der Waals surface area contributed by atoms with Crippen LogP contribution < -0.4 is 14.9 Å². The SMILES string of the molecule is CSc1ccc([C@@H]2C(C(=O)OC(C)C)=C(C)N=c3s/c(=C/c4ccc(Br)s4)c(=O)n32)cc1. The average molecular weight is 550 g/mol. The molecule has 1 aliphatic heterocycles. The van der Waals surface area contributed by atoms with Crippen molar-refractivity contribution in [1.82, 2.24) is 4.57 Å². The van der Waals surface area contributed by atoms with Crippen LogP contribution in [0.4, 0.5) is 0 Å². The van der Waals surface area contributed by atoms with Gasteiger partial charge in [-0.2, -0.15) is 0 Å². The summed E-state index contributed by atoms with van der Waals surface area (Å²) in [4.78, 5) is 33.9. The molecule has 0 saturated carbocycles. The number of thiazole rings is 1. The van der Waals surface area contributed by atoms with E-state index in [9.17, 15) is 9.59 Å². The number of benzene rings is 1. The van der Waals surface area contributed by atoms with Gasteiger partial charge < -0.3 is 4.74 Å². The third kappa shape index (κ3) is 4.57. The van der Waals surface area contributed by atoms with Crippen molar-refractivity contribution in [3.8, 4) is 0 Å². The summed E-state index contributed by atoms with van der Waals surface area (Å²) in [5.41, 5.74) is 1.65. The van der Waals surface area contributed by atoms with Crippen LogP contribution in [0.3, 0.4) is 0 Å². The lowest BCUT2D eigenvalue weighted by Gasteiger charge is -2.25. The summed E-state index contributed by atoms with van der Waals surface area (Å²) >= 11 is 7.99. The summed E-state index contributed by atoms with van der Waals surface area (Å²) in [7, 11) is 0. The van der Waals surface area contributed by atoms with Crippen LogP contribution in [0.15, 0.2) is 66.1 Å². The molecular formula is C23H21BrN2O3S3. The summed E-state index contributed by atoms with van der Waals surface area (Å²) in [6.45, 7) is 5.42. The van der Waals surface area contributed by atoms with Gasteiger partial charge in [-0.3, -0.25) is 9.36 Å². The number of allylic oxidation sites excluding steroid dienone is 1.